The second-order valence-electron chi connectivity index (χ2n) is 17.5. The number of fused-ring (bicyclic) bond motifs is 2. The van der Waals surface area contributed by atoms with E-state index in [2.05, 4.69) is 34.1 Å². The van der Waals surface area contributed by atoms with Crippen LogP contribution in [0.5, 0.6) is 0 Å². The van der Waals surface area contributed by atoms with Gasteiger partial charge in [0, 0.05) is 80.8 Å². The molecule has 3 amide bonds. The van der Waals surface area contributed by atoms with Gasteiger partial charge in [0.25, 0.3) is 5.56 Å². The van der Waals surface area contributed by atoms with Crippen LogP contribution in [0, 0.1) is 6.92 Å². The Morgan fingerprint density at radius 1 is 0.850 bits per heavy atom. The lowest BCUT2D eigenvalue weighted by molar-refractivity contribution is -0.148. The van der Waals surface area contributed by atoms with Crippen molar-refractivity contribution >= 4 is 39.7 Å². The number of urea groups is 1. The monoisotopic (exact) mass is 823 g/mol. The molecule has 13 nitrogen and oxygen atoms in total. The Balaban J connectivity index is 0.995. The molecule has 2 N–H and O–H groups in total. The Morgan fingerprint density at radius 3 is 2.32 bits per heavy atom. The van der Waals surface area contributed by atoms with Gasteiger partial charge in [-0.2, -0.15) is 5.10 Å². The smallest absolute Gasteiger partial charge is 0.318 e. The maximum Gasteiger partial charge on any atom is 0.318 e. The van der Waals surface area contributed by atoms with Gasteiger partial charge in [0.05, 0.1) is 5.52 Å². The molecule has 3 aliphatic heterocycles. The molecule has 0 unspecified atom stereocenters. The molecule has 13 heteroatoms. The summed E-state index contributed by atoms with van der Waals surface area (Å²) in [5, 5.41) is 9.78. The number of para-hydroxylation sites is 1. The van der Waals surface area contributed by atoms with E-state index in [0.717, 1.165) is 96.8 Å². The van der Waals surface area contributed by atoms with Crippen LogP contribution in [0.1, 0.15) is 107 Å². The Morgan fingerprint density at radius 2 is 1.57 bits per heavy atom. The molecule has 5 heterocycles. The number of aromatic amines is 1. The highest BCUT2D eigenvalue weighted by Gasteiger charge is 2.34. The number of carbonyl (C=O) groups is 3. The second-order valence-corrected chi connectivity index (χ2v) is 17.5. The number of amides is 3. The number of hydrogen-bond acceptors (Lipinski definition) is 8. The normalized spacial score (nSPS) is 18.0. The maximum absolute atomic E-state index is 14.4. The summed E-state index contributed by atoms with van der Waals surface area (Å²) in [6.07, 6.45) is 14.3. The van der Waals surface area contributed by atoms with E-state index < -0.39 is 6.04 Å². The molecule has 60 heavy (non-hydrogen) atoms. The van der Waals surface area contributed by atoms with Gasteiger partial charge in [-0.25, -0.2) is 9.48 Å². The lowest BCUT2D eigenvalue weighted by Crippen LogP contribution is -2.59. The van der Waals surface area contributed by atoms with Crippen molar-refractivity contribution in [1.82, 2.24) is 39.7 Å². The number of aromatic nitrogens is 3. The molecule has 4 aromatic rings. The first-order valence-electron chi connectivity index (χ1n) is 22.7. The second kappa shape index (κ2) is 20.7. The average Bonchev–Trinajstić information content (AvgIpc) is 3.69. The van der Waals surface area contributed by atoms with E-state index in [4.69, 9.17) is 9.84 Å². The van der Waals surface area contributed by atoms with Crippen molar-refractivity contribution in [3.05, 3.63) is 75.7 Å². The topological polar surface area (TPSA) is 136 Å². The number of likely N-dealkylation sites (tertiary alicyclic amines) is 2. The number of rotatable bonds is 16. The van der Waals surface area contributed by atoms with Gasteiger partial charge in [0.15, 0.2) is 6.73 Å². The largest absolute Gasteiger partial charge is 0.442 e. The summed E-state index contributed by atoms with van der Waals surface area (Å²) in [6, 6.07) is 13.4. The number of pyridine rings is 1. The van der Waals surface area contributed by atoms with Crippen LogP contribution in [0.25, 0.3) is 21.8 Å². The number of aryl methyl sites for hydroxylation is 1. The van der Waals surface area contributed by atoms with E-state index in [0.29, 0.717) is 57.9 Å². The highest BCUT2D eigenvalue weighted by atomic mass is 16.5. The third kappa shape index (κ3) is 11.1. The number of nitrogens with one attached hydrogen (secondary N) is 2. The summed E-state index contributed by atoms with van der Waals surface area (Å²) in [4.78, 5) is 65.7. The number of esters is 1. The van der Waals surface area contributed by atoms with Gasteiger partial charge in [-0.3, -0.25) is 19.3 Å². The number of benzene rings is 2. The van der Waals surface area contributed by atoms with Crippen molar-refractivity contribution < 1.29 is 19.1 Å². The SMILES string of the molecule is CCCCCCCCCC(=O)OCn1cc2cc(C[C@@H](NC(=O)N3CCC(c4cc5ccccc5[nH]c4=O)CC3)C(=O)N3CCN(C4CCN(C)CC4)CC3)cc(C)c2n1. The molecule has 0 aliphatic carbocycles. The summed E-state index contributed by atoms with van der Waals surface area (Å²) >= 11 is 0. The molecule has 3 aliphatic rings. The summed E-state index contributed by atoms with van der Waals surface area (Å²) in [5.41, 5.74) is 4.19. The first-order valence-corrected chi connectivity index (χ1v) is 22.7. The van der Waals surface area contributed by atoms with E-state index in [9.17, 15) is 19.2 Å². The quantitative estimate of drug-likeness (QED) is 0.0958. The van der Waals surface area contributed by atoms with Crippen molar-refractivity contribution in [3.63, 3.8) is 0 Å². The zero-order valence-electron chi connectivity index (χ0n) is 36.1. The number of unbranched alkanes of at least 4 members (excludes halogenated alkanes) is 6. The molecule has 3 fully saturated rings. The molecular weight excluding hydrogens is 757 g/mol. The lowest BCUT2D eigenvalue weighted by Gasteiger charge is -2.43. The van der Waals surface area contributed by atoms with E-state index in [1.165, 1.54) is 25.7 Å². The highest BCUT2D eigenvalue weighted by Crippen LogP contribution is 2.28. The van der Waals surface area contributed by atoms with Crippen molar-refractivity contribution in [2.24, 2.45) is 0 Å². The van der Waals surface area contributed by atoms with Crippen LogP contribution in [-0.4, -0.2) is 124 Å². The van der Waals surface area contributed by atoms with Gasteiger partial charge < -0.3 is 29.7 Å². The number of carbonyl (C=O) groups excluding carboxylic acids is 3. The van der Waals surface area contributed by atoms with E-state index in [1.807, 2.05) is 60.5 Å². The zero-order chi connectivity index (χ0) is 42.0. The average molecular weight is 823 g/mol. The molecule has 3 saturated heterocycles. The first kappa shape index (κ1) is 43.3. The Hall–Kier alpha value is -4.75. The van der Waals surface area contributed by atoms with Crippen molar-refractivity contribution in [2.45, 2.75) is 122 Å². The van der Waals surface area contributed by atoms with Crippen molar-refractivity contribution in [3.8, 4) is 0 Å². The van der Waals surface area contributed by atoms with Crippen LogP contribution in [0.3, 0.4) is 0 Å². The lowest BCUT2D eigenvalue weighted by atomic mass is 9.89. The van der Waals surface area contributed by atoms with Crippen LogP contribution in [0.4, 0.5) is 4.79 Å². The fraction of sp³-hybridized carbons (Fsp3) is 0.596. The minimum atomic E-state index is -0.757. The fourth-order valence-corrected chi connectivity index (χ4v) is 9.48. The van der Waals surface area contributed by atoms with Crippen LogP contribution in [-0.2, 0) is 27.5 Å². The number of nitrogens with zero attached hydrogens (tertiary/aromatic N) is 6. The Kier molecular flexibility index (Phi) is 14.9. The minimum absolute atomic E-state index is 0.0462. The third-order valence-corrected chi connectivity index (χ3v) is 13.1. The standard InChI is InChI=1S/C47H66N8O5/c1-4-5-6-7-8-9-10-15-43(56)60-33-55-32-38-29-35(28-34(2)44(38)50-55)30-42(46(58)53-26-24-52(25-27-53)39-18-20-51(3)21-19-39)49-47(59)54-22-16-36(17-23-54)40-31-37-13-11-12-14-41(37)48-45(40)57/h11-14,28-29,31-32,36,39,42H,4-10,15-27,30,33H2,1-3H3,(H,48,57)(H,49,59)/t42-/m1/s1. The molecule has 1 atom stereocenters. The molecule has 7 rings (SSSR count). The minimum Gasteiger partial charge on any atom is -0.442 e. The summed E-state index contributed by atoms with van der Waals surface area (Å²) in [5.74, 6) is -0.230. The van der Waals surface area contributed by atoms with E-state index >= 15 is 0 Å². The maximum atomic E-state index is 14.4. The van der Waals surface area contributed by atoms with Gasteiger partial charge in [0.1, 0.15) is 6.04 Å². The van der Waals surface area contributed by atoms with Gasteiger partial charge >= 0.3 is 12.0 Å². The molecule has 2 aromatic heterocycles. The Labute approximate surface area is 354 Å². The number of piperazine rings is 1. The van der Waals surface area contributed by atoms with Crippen LogP contribution >= 0.6 is 0 Å². The summed E-state index contributed by atoms with van der Waals surface area (Å²) in [7, 11) is 2.18. The number of H-pyrrole nitrogens is 1. The van der Waals surface area contributed by atoms with Crippen molar-refractivity contribution in [1.29, 1.82) is 0 Å². The molecule has 0 radical (unpaired) electrons. The predicted molar refractivity (Wildman–Crippen MR) is 236 cm³/mol. The molecule has 324 valence electrons. The third-order valence-electron chi connectivity index (χ3n) is 13.1. The zero-order valence-corrected chi connectivity index (χ0v) is 36.1. The summed E-state index contributed by atoms with van der Waals surface area (Å²) < 4.78 is 7.24. The van der Waals surface area contributed by atoms with Gasteiger partial charge in [-0.15, -0.1) is 0 Å². The number of hydrogen-bond donors (Lipinski definition) is 2. The van der Waals surface area contributed by atoms with Crippen LogP contribution in [0.15, 0.2) is 53.5 Å². The number of ether oxygens (including phenoxy) is 1. The van der Waals surface area contributed by atoms with E-state index in [-0.39, 0.29) is 36.1 Å². The van der Waals surface area contributed by atoms with Gasteiger partial charge in [-0.05, 0) is 99.8 Å². The summed E-state index contributed by atoms with van der Waals surface area (Å²) in [6.45, 7) is 10.4. The van der Waals surface area contributed by atoms with Crippen molar-refractivity contribution in [2.75, 3.05) is 59.4 Å². The van der Waals surface area contributed by atoms with Crippen LogP contribution < -0.4 is 10.9 Å². The molecule has 0 saturated carbocycles. The number of piperidine rings is 2. The highest BCUT2D eigenvalue weighted by molar-refractivity contribution is 5.88. The predicted octanol–water partition coefficient (Wildman–Crippen LogP) is 6.57. The molecule has 0 spiro atoms. The van der Waals surface area contributed by atoms with Gasteiger partial charge in [-0.1, -0.05) is 69.7 Å². The first-order chi connectivity index (χ1) is 29.1. The molecule has 0 bridgehead atoms. The van der Waals surface area contributed by atoms with Crippen LogP contribution in [0.2, 0.25) is 0 Å². The van der Waals surface area contributed by atoms with E-state index in [1.54, 1.807) is 9.58 Å². The fourth-order valence-electron chi connectivity index (χ4n) is 9.48. The van der Waals surface area contributed by atoms with Gasteiger partial charge in [0.2, 0.25) is 5.91 Å². The molecule has 2 aromatic carbocycles. The molecular formula is C47H66N8O5. The Bertz CT molecular complexity index is 2120.